The van der Waals surface area contributed by atoms with Crippen molar-refractivity contribution in [3.05, 3.63) is 95.0 Å². The third-order valence-corrected chi connectivity index (χ3v) is 9.96. The van der Waals surface area contributed by atoms with E-state index in [1.165, 1.54) is 13.3 Å². The van der Waals surface area contributed by atoms with Gasteiger partial charge in [0.1, 0.15) is 43.2 Å². The predicted octanol–water partition coefficient (Wildman–Crippen LogP) is 5.35. The van der Waals surface area contributed by atoms with Crippen LogP contribution in [0.2, 0.25) is 10.0 Å². The standard InChI is InChI=1S/C36H37Cl2N7O6/c1-24(46)45-34(48)44(33(47)35(45,2)3)28-7-5-26(6-8-28)41-14-16-42(17-15-41)27-9-11-29(12-10-27)49-19-30-20-50-36(51-30,21-43-23-39-22-40-43)31-13-4-25(37)18-32(31)38/h4-13,18,22-23,30H,14-17,19-21H2,1-3H3. The number of carbonyl (C=O) groups excluding carboxylic acids is 3. The zero-order chi connectivity index (χ0) is 35.9. The molecule has 0 radical (unpaired) electrons. The molecular formula is C36H37Cl2N7O6. The number of ether oxygens (including phenoxy) is 3. The highest BCUT2D eigenvalue weighted by Crippen LogP contribution is 2.41. The number of hydrogen-bond donors (Lipinski definition) is 0. The molecule has 2 atom stereocenters. The monoisotopic (exact) mass is 733 g/mol. The van der Waals surface area contributed by atoms with Gasteiger partial charge in [0.2, 0.25) is 11.7 Å². The zero-order valence-electron chi connectivity index (χ0n) is 28.4. The highest BCUT2D eigenvalue weighted by molar-refractivity contribution is 6.35. The van der Waals surface area contributed by atoms with Crippen LogP contribution in [0.5, 0.6) is 5.75 Å². The van der Waals surface area contributed by atoms with Crippen molar-refractivity contribution in [1.29, 1.82) is 0 Å². The molecule has 2 unspecified atom stereocenters. The molecule has 13 nitrogen and oxygen atoms in total. The smallest absolute Gasteiger partial charge is 0.339 e. The van der Waals surface area contributed by atoms with Crippen molar-refractivity contribution < 1.29 is 28.6 Å². The minimum atomic E-state index is -1.23. The summed E-state index contributed by atoms with van der Waals surface area (Å²) in [6, 6.07) is 19.9. The van der Waals surface area contributed by atoms with Gasteiger partial charge in [0.25, 0.3) is 5.91 Å². The van der Waals surface area contributed by atoms with Crippen LogP contribution in [0, 0.1) is 0 Å². The third-order valence-electron chi connectivity index (χ3n) is 9.41. The van der Waals surface area contributed by atoms with Gasteiger partial charge in [0.05, 0.1) is 17.3 Å². The van der Waals surface area contributed by atoms with Gasteiger partial charge in [-0.25, -0.2) is 24.3 Å². The second kappa shape index (κ2) is 13.8. The number of amides is 4. The molecule has 1 aromatic heterocycles. The van der Waals surface area contributed by atoms with Crippen LogP contribution >= 0.6 is 23.2 Å². The molecule has 0 saturated carbocycles. The van der Waals surface area contributed by atoms with Crippen LogP contribution in [0.15, 0.2) is 79.4 Å². The van der Waals surface area contributed by atoms with Crippen molar-refractivity contribution in [3.63, 3.8) is 0 Å². The summed E-state index contributed by atoms with van der Waals surface area (Å²) < 4.78 is 20.5. The summed E-state index contributed by atoms with van der Waals surface area (Å²) >= 11 is 12.7. The number of imide groups is 2. The Hall–Kier alpha value is -4.69. The molecule has 3 fully saturated rings. The highest BCUT2D eigenvalue weighted by atomic mass is 35.5. The lowest BCUT2D eigenvalue weighted by Crippen LogP contribution is -2.46. The van der Waals surface area contributed by atoms with Crippen molar-refractivity contribution in [2.75, 3.05) is 54.1 Å². The Balaban J connectivity index is 0.927. The summed E-state index contributed by atoms with van der Waals surface area (Å²) in [5, 5.41) is 5.16. The lowest BCUT2D eigenvalue weighted by atomic mass is 10.0. The van der Waals surface area contributed by atoms with E-state index in [2.05, 4.69) is 19.9 Å². The molecule has 0 bridgehead atoms. The van der Waals surface area contributed by atoms with E-state index in [0.29, 0.717) is 33.7 Å². The molecule has 4 heterocycles. The zero-order valence-corrected chi connectivity index (χ0v) is 29.9. The van der Waals surface area contributed by atoms with Crippen molar-refractivity contribution in [3.8, 4) is 5.75 Å². The highest BCUT2D eigenvalue weighted by Gasteiger charge is 2.54. The quantitative estimate of drug-likeness (QED) is 0.208. The van der Waals surface area contributed by atoms with E-state index in [0.717, 1.165) is 47.4 Å². The molecule has 3 aliphatic rings. The van der Waals surface area contributed by atoms with Crippen LogP contribution in [-0.4, -0.2) is 88.5 Å². The van der Waals surface area contributed by atoms with Crippen LogP contribution in [0.3, 0.4) is 0 Å². The maximum absolute atomic E-state index is 13.0. The molecule has 7 rings (SSSR count). The molecule has 15 heteroatoms. The average Bonchev–Trinajstić information content (AvgIpc) is 3.82. The molecule has 266 valence electrons. The number of benzene rings is 3. The van der Waals surface area contributed by atoms with Crippen LogP contribution < -0.4 is 19.4 Å². The number of nitrogens with zero attached hydrogens (tertiary/aromatic N) is 7. The summed E-state index contributed by atoms with van der Waals surface area (Å²) in [7, 11) is 0. The lowest BCUT2D eigenvalue weighted by Gasteiger charge is -2.37. The van der Waals surface area contributed by atoms with Gasteiger partial charge in [0, 0.05) is 55.1 Å². The lowest BCUT2D eigenvalue weighted by molar-refractivity contribution is -0.190. The summed E-state index contributed by atoms with van der Waals surface area (Å²) in [6.07, 6.45) is 2.68. The molecule has 3 aliphatic heterocycles. The molecule has 0 aliphatic carbocycles. The minimum Gasteiger partial charge on any atom is -0.491 e. The molecule has 51 heavy (non-hydrogen) atoms. The van der Waals surface area contributed by atoms with Gasteiger partial charge in [-0.3, -0.25) is 9.59 Å². The largest absolute Gasteiger partial charge is 0.491 e. The third kappa shape index (κ3) is 6.74. The first-order chi connectivity index (χ1) is 24.4. The Morgan fingerprint density at radius 2 is 1.55 bits per heavy atom. The van der Waals surface area contributed by atoms with Gasteiger partial charge in [-0.2, -0.15) is 5.10 Å². The van der Waals surface area contributed by atoms with E-state index >= 15 is 0 Å². The van der Waals surface area contributed by atoms with Crippen molar-refractivity contribution >= 4 is 58.1 Å². The van der Waals surface area contributed by atoms with E-state index in [-0.39, 0.29) is 19.3 Å². The Morgan fingerprint density at radius 1 is 0.922 bits per heavy atom. The molecular weight excluding hydrogens is 697 g/mol. The number of piperazine rings is 1. The van der Waals surface area contributed by atoms with Crippen LogP contribution in [0.4, 0.5) is 21.9 Å². The van der Waals surface area contributed by atoms with Crippen LogP contribution in [0.1, 0.15) is 26.3 Å². The predicted molar refractivity (Wildman–Crippen MR) is 191 cm³/mol. The van der Waals surface area contributed by atoms with Crippen molar-refractivity contribution in [2.24, 2.45) is 0 Å². The first-order valence-electron chi connectivity index (χ1n) is 16.6. The topological polar surface area (TPSA) is 123 Å². The fraction of sp³-hybridized carbons (Fsp3) is 0.361. The fourth-order valence-electron chi connectivity index (χ4n) is 6.81. The van der Waals surface area contributed by atoms with E-state index in [9.17, 15) is 14.4 Å². The van der Waals surface area contributed by atoms with Gasteiger partial charge in [-0.15, -0.1) is 0 Å². The number of carbonyl (C=O) groups is 3. The SMILES string of the molecule is CC(=O)N1C(=O)N(c2ccc(N3CCN(c4ccc(OCC5COC(Cn6cncn6)(c6ccc(Cl)cc6Cl)O5)cc4)CC3)cc2)C(=O)C1(C)C. The maximum Gasteiger partial charge on any atom is 0.339 e. The second-order valence-corrected chi connectivity index (χ2v) is 14.0. The summed E-state index contributed by atoms with van der Waals surface area (Å²) in [5.74, 6) is -1.36. The average molecular weight is 735 g/mol. The van der Waals surface area contributed by atoms with Crippen LogP contribution in [0.25, 0.3) is 0 Å². The number of halogens is 2. The van der Waals surface area contributed by atoms with Crippen molar-refractivity contribution in [2.45, 2.75) is 44.7 Å². The van der Waals surface area contributed by atoms with Gasteiger partial charge in [-0.05, 0) is 74.5 Å². The first kappa shape index (κ1) is 34.7. The van der Waals surface area contributed by atoms with E-state index in [1.54, 1.807) is 55.2 Å². The Kier molecular flexibility index (Phi) is 9.40. The Labute approximate surface area is 305 Å². The van der Waals surface area contributed by atoms with E-state index < -0.39 is 29.2 Å². The molecule has 0 spiro atoms. The van der Waals surface area contributed by atoms with Gasteiger partial charge in [-0.1, -0.05) is 29.3 Å². The summed E-state index contributed by atoms with van der Waals surface area (Å²) in [6.45, 7) is 8.46. The minimum absolute atomic E-state index is 0.248. The normalized spacial score (nSPS) is 21.9. The maximum atomic E-state index is 13.0. The fourth-order valence-corrected chi connectivity index (χ4v) is 7.36. The molecule has 3 aromatic carbocycles. The first-order valence-corrected chi connectivity index (χ1v) is 17.3. The number of urea groups is 1. The van der Waals surface area contributed by atoms with E-state index in [4.69, 9.17) is 37.4 Å². The number of hydrogen-bond acceptors (Lipinski definition) is 10. The van der Waals surface area contributed by atoms with Crippen LogP contribution in [-0.2, 0) is 31.4 Å². The number of anilines is 3. The number of rotatable bonds is 9. The summed E-state index contributed by atoms with van der Waals surface area (Å²) in [4.78, 5) is 48.8. The van der Waals surface area contributed by atoms with Gasteiger partial charge < -0.3 is 24.0 Å². The van der Waals surface area contributed by atoms with E-state index in [1.807, 2.05) is 36.4 Å². The second-order valence-electron chi connectivity index (χ2n) is 13.2. The molecule has 4 aromatic rings. The van der Waals surface area contributed by atoms with Crippen molar-refractivity contribution in [1.82, 2.24) is 19.7 Å². The summed E-state index contributed by atoms with van der Waals surface area (Å²) in [5.41, 5.74) is 1.93. The molecule has 3 saturated heterocycles. The number of aromatic nitrogens is 3. The van der Waals surface area contributed by atoms with Gasteiger partial charge in [0.15, 0.2) is 0 Å². The van der Waals surface area contributed by atoms with Gasteiger partial charge >= 0.3 is 6.03 Å². The Morgan fingerprint density at radius 3 is 2.12 bits per heavy atom. The molecule has 0 N–H and O–H groups in total. The molecule has 4 amide bonds. The Bertz CT molecular complexity index is 1920.